The number of hydrogen-bond acceptors (Lipinski definition) is 2. The Balaban J connectivity index is 1.52. The van der Waals surface area contributed by atoms with E-state index in [0.717, 1.165) is 21.9 Å². The molecule has 5 aromatic carbocycles. The second-order valence-corrected chi connectivity index (χ2v) is 10.1. The monoisotopic (exact) mass is 459 g/mol. The SMILES string of the molecule is O=S(=O)(c1ccccc1)n1c2ccccc2c2cc(/C=C/c3cccc4ccccc34)ccc21. The van der Waals surface area contributed by atoms with Crippen molar-refractivity contribution in [2.75, 3.05) is 0 Å². The quantitative estimate of drug-likeness (QED) is 0.258. The van der Waals surface area contributed by atoms with E-state index < -0.39 is 10.0 Å². The number of aromatic nitrogens is 1. The third-order valence-electron chi connectivity index (χ3n) is 6.21. The molecule has 0 atom stereocenters. The number of fused-ring (bicyclic) bond motifs is 4. The summed E-state index contributed by atoms with van der Waals surface area (Å²) in [4.78, 5) is 0.276. The number of benzene rings is 5. The van der Waals surface area contributed by atoms with E-state index in [0.29, 0.717) is 11.0 Å². The van der Waals surface area contributed by atoms with E-state index in [1.54, 1.807) is 24.3 Å². The normalized spacial score (nSPS) is 12.2. The fraction of sp³-hybridized carbons (Fsp3) is 0. The minimum absolute atomic E-state index is 0.276. The molecular weight excluding hydrogens is 438 g/mol. The van der Waals surface area contributed by atoms with Crippen molar-refractivity contribution in [3.05, 3.63) is 126 Å². The van der Waals surface area contributed by atoms with Gasteiger partial charge in [-0.05, 0) is 52.2 Å². The molecule has 6 rings (SSSR count). The second kappa shape index (κ2) is 8.01. The highest BCUT2D eigenvalue weighted by atomic mass is 32.2. The van der Waals surface area contributed by atoms with E-state index in [1.807, 2.05) is 54.6 Å². The highest BCUT2D eigenvalue weighted by molar-refractivity contribution is 7.90. The first-order valence-electron chi connectivity index (χ1n) is 11.1. The van der Waals surface area contributed by atoms with Crippen LogP contribution >= 0.6 is 0 Å². The Hall–Kier alpha value is -4.15. The van der Waals surface area contributed by atoms with Gasteiger partial charge in [0.15, 0.2) is 0 Å². The van der Waals surface area contributed by atoms with Gasteiger partial charge in [0.25, 0.3) is 10.0 Å². The molecule has 6 aromatic rings. The summed E-state index contributed by atoms with van der Waals surface area (Å²) in [7, 11) is -3.74. The van der Waals surface area contributed by atoms with Gasteiger partial charge in [-0.15, -0.1) is 0 Å². The Kier molecular flexibility index (Phi) is 4.82. The molecule has 3 nitrogen and oxygen atoms in total. The number of nitrogens with zero attached hydrogens (tertiary/aromatic N) is 1. The fourth-order valence-corrected chi connectivity index (χ4v) is 6.15. The molecule has 0 aliphatic rings. The molecule has 0 aliphatic heterocycles. The van der Waals surface area contributed by atoms with Crippen LogP contribution in [0.15, 0.2) is 120 Å². The molecule has 1 aromatic heterocycles. The first kappa shape index (κ1) is 20.5. The fourth-order valence-electron chi connectivity index (χ4n) is 4.60. The highest BCUT2D eigenvalue weighted by Crippen LogP contribution is 2.33. The molecule has 0 saturated heterocycles. The number of rotatable bonds is 4. The van der Waals surface area contributed by atoms with Crippen molar-refractivity contribution in [1.82, 2.24) is 3.97 Å². The third-order valence-corrected chi connectivity index (χ3v) is 7.95. The zero-order valence-electron chi connectivity index (χ0n) is 18.3. The predicted molar refractivity (Wildman–Crippen MR) is 141 cm³/mol. The molecule has 0 N–H and O–H groups in total. The van der Waals surface area contributed by atoms with Crippen LogP contribution < -0.4 is 0 Å². The molecule has 0 unspecified atom stereocenters. The van der Waals surface area contributed by atoms with Crippen molar-refractivity contribution >= 4 is 54.8 Å². The molecular formula is C30H21NO2S. The lowest BCUT2D eigenvalue weighted by Gasteiger charge is -2.09. The largest absolute Gasteiger partial charge is 0.268 e. The van der Waals surface area contributed by atoms with Crippen molar-refractivity contribution in [1.29, 1.82) is 0 Å². The van der Waals surface area contributed by atoms with Gasteiger partial charge in [-0.3, -0.25) is 0 Å². The van der Waals surface area contributed by atoms with Gasteiger partial charge in [0.05, 0.1) is 15.9 Å². The minimum atomic E-state index is -3.74. The van der Waals surface area contributed by atoms with E-state index in [2.05, 4.69) is 48.6 Å². The smallest absolute Gasteiger partial charge is 0.233 e. The van der Waals surface area contributed by atoms with E-state index in [4.69, 9.17) is 0 Å². The summed E-state index contributed by atoms with van der Waals surface area (Å²) in [5, 5.41) is 4.23. The van der Waals surface area contributed by atoms with Gasteiger partial charge < -0.3 is 0 Å². The van der Waals surface area contributed by atoms with Crippen LogP contribution in [0.4, 0.5) is 0 Å². The highest BCUT2D eigenvalue weighted by Gasteiger charge is 2.22. The van der Waals surface area contributed by atoms with Crippen LogP contribution in [-0.4, -0.2) is 12.4 Å². The maximum absolute atomic E-state index is 13.6. The van der Waals surface area contributed by atoms with Gasteiger partial charge in [-0.1, -0.05) is 97.1 Å². The summed E-state index contributed by atoms with van der Waals surface area (Å²) >= 11 is 0. The van der Waals surface area contributed by atoms with E-state index >= 15 is 0 Å². The minimum Gasteiger partial charge on any atom is -0.233 e. The summed E-state index contributed by atoms with van der Waals surface area (Å²) in [6, 6.07) is 36.8. The lowest BCUT2D eigenvalue weighted by atomic mass is 10.0. The predicted octanol–water partition coefficient (Wildman–Crippen LogP) is 7.36. The number of hydrogen-bond donors (Lipinski definition) is 0. The zero-order valence-corrected chi connectivity index (χ0v) is 19.1. The van der Waals surface area contributed by atoms with E-state index in [1.165, 1.54) is 14.7 Å². The van der Waals surface area contributed by atoms with Gasteiger partial charge in [0.2, 0.25) is 0 Å². The molecule has 0 saturated carbocycles. The molecule has 4 heteroatoms. The maximum atomic E-state index is 13.6. The van der Waals surface area contributed by atoms with Crippen LogP contribution in [0.3, 0.4) is 0 Å². The molecule has 0 amide bonds. The Labute approximate surface area is 198 Å². The van der Waals surface area contributed by atoms with E-state index in [9.17, 15) is 8.42 Å². The molecule has 0 fully saturated rings. The summed E-state index contributed by atoms with van der Waals surface area (Å²) in [6.45, 7) is 0. The van der Waals surface area contributed by atoms with Crippen molar-refractivity contribution in [3.63, 3.8) is 0 Å². The standard InChI is InChI=1S/C30H21NO2S/c32-34(33,25-12-2-1-3-13-25)31-29-16-7-6-15-27(29)28-21-22(18-20-30(28)31)17-19-24-11-8-10-23-9-4-5-14-26(23)24/h1-21H/b19-17+. The zero-order chi connectivity index (χ0) is 23.1. The Bertz CT molecular complexity index is 1810. The average molecular weight is 460 g/mol. The van der Waals surface area contributed by atoms with Crippen molar-refractivity contribution < 1.29 is 8.42 Å². The van der Waals surface area contributed by atoms with Crippen molar-refractivity contribution in [3.8, 4) is 0 Å². The third kappa shape index (κ3) is 3.31. The molecule has 164 valence electrons. The van der Waals surface area contributed by atoms with Gasteiger partial charge in [0.1, 0.15) is 0 Å². The molecule has 0 aliphatic carbocycles. The summed E-state index contributed by atoms with van der Waals surface area (Å²) in [5.74, 6) is 0. The van der Waals surface area contributed by atoms with Crippen LogP contribution in [0, 0.1) is 0 Å². The molecule has 1 heterocycles. The first-order valence-corrected chi connectivity index (χ1v) is 12.6. The van der Waals surface area contributed by atoms with E-state index in [-0.39, 0.29) is 4.90 Å². The van der Waals surface area contributed by atoms with Crippen LogP contribution in [0.5, 0.6) is 0 Å². The van der Waals surface area contributed by atoms with Crippen molar-refractivity contribution in [2.24, 2.45) is 0 Å². The molecule has 0 spiro atoms. The summed E-state index contributed by atoms with van der Waals surface area (Å²) in [6.07, 6.45) is 4.20. The average Bonchev–Trinajstić information content (AvgIpc) is 3.22. The lowest BCUT2D eigenvalue weighted by molar-refractivity contribution is 0.590. The Morgan fingerprint density at radius 2 is 1.24 bits per heavy atom. The summed E-state index contributed by atoms with van der Waals surface area (Å²) in [5.41, 5.74) is 3.51. The summed E-state index contributed by atoms with van der Waals surface area (Å²) < 4.78 is 28.6. The lowest BCUT2D eigenvalue weighted by Crippen LogP contribution is -2.12. The maximum Gasteiger partial charge on any atom is 0.268 e. The van der Waals surface area contributed by atoms with Gasteiger partial charge in [0, 0.05) is 10.8 Å². The molecule has 34 heavy (non-hydrogen) atoms. The number of para-hydroxylation sites is 1. The topological polar surface area (TPSA) is 39.1 Å². The van der Waals surface area contributed by atoms with Gasteiger partial charge in [-0.25, -0.2) is 12.4 Å². The van der Waals surface area contributed by atoms with Crippen LogP contribution in [0.2, 0.25) is 0 Å². The van der Waals surface area contributed by atoms with Gasteiger partial charge in [-0.2, -0.15) is 0 Å². The van der Waals surface area contributed by atoms with Crippen LogP contribution in [-0.2, 0) is 10.0 Å². The Morgan fingerprint density at radius 3 is 2.09 bits per heavy atom. The van der Waals surface area contributed by atoms with Crippen molar-refractivity contribution in [2.45, 2.75) is 4.90 Å². The molecule has 0 bridgehead atoms. The second-order valence-electron chi connectivity index (χ2n) is 8.28. The first-order chi connectivity index (χ1) is 16.6. The van der Waals surface area contributed by atoms with Crippen LogP contribution in [0.25, 0.3) is 44.7 Å². The van der Waals surface area contributed by atoms with Gasteiger partial charge >= 0.3 is 0 Å². The van der Waals surface area contributed by atoms with Crippen LogP contribution in [0.1, 0.15) is 11.1 Å². The Morgan fingerprint density at radius 1 is 0.559 bits per heavy atom. The molecule has 0 radical (unpaired) electrons.